The van der Waals surface area contributed by atoms with Crippen molar-refractivity contribution in [1.29, 1.82) is 0 Å². The van der Waals surface area contributed by atoms with Crippen LogP contribution in [0.2, 0.25) is 0 Å². The lowest BCUT2D eigenvalue weighted by molar-refractivity contribution is 0.669. The second-order valence-corrected chi connectivity index (χ2v) is 13.4. The molecule has 0 N–H and O–H groups in total. The first kappa shape index (κ1) is 29.3. The lowest BCUT2D eigenvalue weighted by Crippen LogP contribution is -2.11. The van der Waals surface area contributed by atoms with E-state index in [4.69, 9.17) is 4.42 Å². The molecule has 0 saturated heterocycles. The van der Waals surface area contributed by atoms with Gasteiger partial charge in [-0.25, -0.2) is 0 Å². The molecule has 240 valence electrons. The summed E-state index contributed by atoms with van der Waals surface area (Å²) < 4.78 is 6.49. The summed E-state index contributed by atoms with van der Waals surface area (Å²) in [7, 11) is 0. The first-order valence-electron chi connectivity index (χ1n) is 17.5. The molecule has 51 heavy (non-hydrogen) atoms. The Bertz CT molecular complexity index is 2920. The van der Waals surface area contributed by atoms with E-state index in [1.54, 1.807) is 0 Å². The van der Waals surface area contributed by atoms with Crippen LogP contribution in [0.15, 0.2) is 186 Å². The Morgan fingerprint density at radius 2 is 0.980 bits per heavy atom. The molecule has 2 heteroatoms. The molecule has 0 radical (unpaired) electrons. The van der Waals surface area contributed by atoms with E-state index in [2.05, 4.69) is 194 Å². The minimum atomic E-state index is 0.892. The number of hydrogen-bond donors (Lipinski definition) is 0. The molecule has 2 nitrogen and oxygen atoms in total. The molecule has 0 bridgehead atoms. The Balaban J connectivity index is 1.08. The molecule has 10 rings (SSSR count). The molecule has 0 fully saturated rings. The normalized spacial score (nSPS) is 11.6. The highest BCUT2D eigenvalue weighted by atomic mass is 16.3. The number of para-hydroxylation sites is 1. The average molecular weight is 652 g/mol. The van der Waals surface area contributed by atoms with Gasteiger partial charge in [0.1, 0.15) is 11.2 Å². The zero-order chi connectivity index (χ0) is 33.9. The van der Waals surface area contributed by atoms with Crippen LogP contribution in [0.1, 0.15) is 5.56 Å². The minimum Gasteiger partial charge on any atom is -0.456 e. The first-order chi connectivity index (χ1) is 25.2. The van der Waals surface area contributed by atoms with Crippen LogP contribution in [-0.4, -0.2) is 0 Å². The third kappa shape index (κ3) is 4.95. The van der Waals surface area contributed by atoms with Crippen molar-refractivity contribution in [3.05, 3.63) is 188 Å². The van der Waals surface area contributed by atoms with Crippen LogP contribution in [0.25, 0.3) is 76.5 Å². The highest BCUT2D eigenvalue weighted by molar-refractivity contribution is 6.19. The number of rotatable bonds is 5. The van der Waals surface area contributed by atoms with Crippen molar-refractivity contribution in [2.45, 2.75) is 6.92 Å². The molecular weight excluding hydrogens is 619 g/mol. The van der Waals surface area contributed by atoms with Gasteiger partial charge < -0.3 is 9.32 Å². The van der Waals surface area contributed by atoms with E-state index in [1.165, 1.54) is 54.4 Å². The van der Waals surface area contributed by atoms with Crippen LogP contribution in [0.4, 0.5) is 17.1 Å². The van der Waals surface area contributed by atoms with Gasteiger partial charge in [-0.2, -0.15) is 0 Å². The molecule has 10 aromatic rings. The van der Waals surface area contributed by atoms with Gasteiger partial charge in [-0.05, 0) is 111 Å². The second kappa shape index (κ2) is 11.8. The standard InChI is InChI=1S/C49H33NO/c1-32-14-23-39(24-15-32)50(40-25-18-33(19-26-40)36-20-27-42-37(30-36)17-16-34-8-2-4-10-41(34)42)46-13-7-6-11-43(46)38-21-28-45-48(31-38)51-47-29-22-35-9-3-5-12-44(35)49(45)47/h2-31H,1H3. The van der Waals surface area contributed by atoms with Crippen LogP contribution in [-0.2, 0) is 0 Å². The van der Waals surface area contributed by atoms with E-state index in [0.29, 0.717) is 0 Å². The molecule has 0 saturated carbocycles. The Labute approximate surface area is 296 Å². The quantitative estimate of drug-likeness (QED) is 0.172. The fourth-order valence-corrected chi connectivity index (χ4v) is 7.74. The maximum absolute atomic E-state index is 6.49. The van der Waals surface area contributed by atoms with E-state index in [1.807, 2.05) is 0 Å². The molecule has 9 aromatic carbocycles. The van der Waals surface area contributed by atoms with Gasteiger partial charge in [0, 0.05) is 27.7 Å². The number of hydrogen-bond acceptors (Lipinski definition) is 2. The van der Waals surface area contributed by atoms with Crippen LogP contribution in [0.5, 0.6) is 0 Å². The topological polar surface area (TPSA) is 16.4 Å². The highest BCUT2D eigenvalue weighted by Crippen LogP contribution is 2.43. The third-order valence-electron chi connectivity index (χ3n) is 10.3. The van der Waals surface area contributed by atoms with Crippen molar-refractivity contribution in [1.82, 2.24) is 0 Å². The fourth-order valence-electron chi connectivity index (χ4n) is 7.74. The van der Waals surface area contributed by atoms with E-state index in [0.717, 1.165) is 44.7 Å². The zero-order valence-electron chi connectivity index (χ0n) is 28.2. The summed E-state index contributed by atoms with van der Waals surface area (Å²) in [5.41, 5.74) is 11.0. The van der Waals surface area contributed by atoms with Gasteiger partial charge in [-0.3, -0.25) is 0 Å². The average Bonchev–Trinajstić information content (AvgIpc) is 3.57. The van der Waals surface area contributed by atoms with Crippen molar-refractivity contribution in [2.75, 3.05) is 4.90 Å². The summed E-state index contributed by atoms with van der Waals surface area (Å²) >= 11 is 0. The Morgan fingerprint density at radius 3 is 1.80 bits per heavy atom. The van der Waals surface area contributed by atoms with Crippen molar-refractivity contribution in [2.24, 2.45) is 0 Å². The maximum Gasteiger partial charge on any atom is 0.136 e. The summed E-state index contributed by atoms with van der Waals surface area (Å²) in [6, 6.07) is 65.7. The predicted molar refractivity (Wildman–Crippen MR) is 217 cm³/mol. The van der Waals surface area contributed by atoms with E-state index in [9.17, 15) is 0 Å². The smallest absolute Gasteiger partial charge is 0.136 e. The first-order valence-corrected chi connectivity index (χ1v) is 17.5. The van der Waals surface area contributed by atoms with Crippen LogP contribution >= 0.6 is 0 Å². The van der Waals surface area contributed by atoms with Crippen LogP contribution in [0.3, 0.4) is 0 Å². The molecule has 0 unspecified atom stereocenters. The largest absolute Gasteiger partial charge is 0.456 e. The fraction of sp³-hybridized carbons (Fsp3) is 0.0204. The number of fused-ring (bicyclic) bond motifs is 8. The van der Waals surface area contributed by atoms with Crippen molar-refractivity contribution in [3.8, 4) is 22.3 Å². The van der Waals surface area contributed by atoms with Crippen molar-refractivity contribution >= 4 is 71.3 Å². The van der Waals surface area contributed by atoms with E-state index >= 15 is 0 Å². The number of anilines is 3. The Morgan fingerprint density at radius 1 is 0.392 bits per heavy atom. The monoisotopic (exact) mass is 651 g/mol. The number of nitrogens with zero attached hydrogens (tertiary/aromatic N) is 1. The number of benzene rings is 9. The maximum atomic E-state index is 6.49. The van der Waals surface area contributed by atoms with Gasteiger partial charge in [0.15, 0.2) is 0 Å². The summed E-state index contributed by atoms with van der Waals surface area (Å²) in [6.07, 6.45) is 0. The minimum absolute atomic E-state index is 0.892. The molecule has 0 aliphatic rings. The molecule has 0 spiro atoms. The Hall–Kier alpha value is -6.64. The second-order valence-electron chi connectivity index (χ2n) is 13.4. The Kier molecular flexibility index (Phi) is 6.75. The third-order valence-corrected chi connectivity index (χ3v) is 10.3. The molecule has 1 heterocycles. The van der Waals surface area contributed by atoms with Crippen LogP contribution in [0, 0.1) is 6.92 Å². The number of aryl methyl sites for hydroxylation is 1. The molecule has 0 aliphatic heterocycles. The summed E-state index contributed by atoms with van der Waals surface area (Å²) in [6.45, 7) is 2.13. The van der Waals surface area contributed by atoms with Gasteiger partial charge in [0.2, 0.25) is 0 Å². The molecule has 0 aliphatic carbocycles. The summed E-state index contributed by atoms with van der Waals surface area (Å²) in [4.78, 5) is 2.36. The van der Waals surface area contributed by atoms with Gasteiger partial charge in [-0.1, -0.05) is 133 Å². The molecule has 1 aromatic heterocycles. The number of furan rings is 1. The lowest BCUT2D eigenvalue weighted by Gasteiger charge is -2.28. The van der Waals surface area contributed by atoms with E-state index in [-0.39, 0.29) is 0 Å². The summed E-state index contributed by atoms with van der Waals surface area (Å²) in [5.74, 6) is 0. The molecular formula is C49H33NO. The van der Waals surface area contributed by atoms with Crippen LogP contribution < -0.4 is 4.90 Å². The summed E-state index contributed by atoms with van der Waals surface area (Å²) in [5, 5.41) is 9.83. The van der Waals surface area contributed by atoms with Crippen molar-refractivity contribution in [3.63, 3.8) is 0 Å². The van der Waals surface area contributed by atoms with E-state index < -0.39 is 0 Å². The molecule has 0 atom stereocenters. The molecule has 0 amide bonds. The van der Waals surface area contributed by atoms with Gasteiger partial charge >= 0.3 is 0 Å². The van der Waals surface area contributed by atoms with Gasteiger partial charge in [-0.15, -0.1) is 0 Å². The zero-order valence-corrected chi connectivity index (χ0v) is 28.2. The lowest BCUT2D eigenvalue weighted by atomic mass is 9.97. The highest BCUT2D eigenvalue weighted by Gasteiger charge is 2.19. The van der Waals surface area contributed by atoms with Crippen molar-refractivity contribution < 1.29 is 4.42 Å². The van der Waals surface area contributed by atoms with Gasteiger partial charge in [0.25, 0.3) is 0 Å². The van der Waals surface area contributed by atoms with Gasteiger partial charge in [0.05, 0.1) is 5.69 Å². The SMILES string of the molecule is Cc1ccc(N(c2ccc(-c3ccc4c(ccc5ccccc54)c3)cc2)c2ccccc2-c2ccc3c(c2)oc2ccc4ccccc4c23)cc1. The predicted octanol–water partition coefficient (Wildman–Crippen LogP) is 14.2.